The summed E-state index contributed by atoms with van der Waals surface area (Å²) in [5.74, 6) is 0.580. The van der Waals surface area contributed by atoms with Gasteiger partial charge in [0, 0.05) is 22.5 Å². The molecule has 2 aromatic carbocycles. The quantitative estimate of drug-likeness (QED) is 0.711. The molecule has 2 N–H and O–H groups in total. The SMILES string of the molecule is COc1ccc(C)c2c1OCC(c1ccc(-c3ccc(C(=O)O)cc3)[nH]1)=C2. The maximum atomic E-state index is 11.0. The smallest absolute Gasteiger partial charge is 0.335 e. The Hall–Kier alpha value is -3.47. The normalized spacial score (nSPS) is 12.7. The van der Waals surface area contributed by atoms with Gasteiger partial charge in [0.25, 0.3) is 0 Å². The van der Waals surface area contributed by atoms with Gasteiger partial charge in [-0.3, -0.25) is 0 Å². The molecule has 0 bridgehead atoms. The number of fused-ring (bicyclic) bond motifs is 1. The number of ether oxygens (including phenoxy) is 2. The number of benzene rings is 2. The zero-order valence-electron chi connectivity index (χ0n) is 15.1. The molecule has 1 aliphatic heterocycles. The maximum absolute atomic E-state index is 11.0. The van der Waals surface area contributed by atoms with Gasteiger partial charge < -0.3 is 19.6 Å². The first kappa shape index (κ1) is 17.0. The van der Waals surface area contributed by atoms with Crippen LogP contribution >= 0.6 is 0 Å². The molecule has 0 aliphatic carbocycles. The summed E-state index contributed by atoms with van der Waals surface area (Å²) in [7, 11) is 1.64. The van der Waals surface area contributed by atoms with Gasteiger partial charge in [-0.25, -0.2) is 4.79 Å². The van der Waals surface area contributed by atoms with Crippen molar-refractivity contribution >= 4 is 17.6 Å². The lowest BCUT2D eigenvalue weighted by Gasteiger charge is -2.21. The molecule has 0 unspecified atom stereocenters. The van der Waals surface area contributed by atoms with Crippen LogP contribution in [0.5, 0.6) is 11.5 Å². The van der Waals surface area contributed by atoms with Crippen LogP contribution in [0.15, 0.2) is 48.5 Å². The molecule has 3 aromatic rings. The van der Waals surface area contributed by atoms with E-state index in [1.807, 2.05) is 31.2 Å². The molecule has 0 atom stereocenters. The number of carbonyl (C=O) groups is 1. The highest BCUT2D eigenvalue weighted by Crippen LogP contribution is 2.39. The van der Waals surface area contributed by atoms with Crippen LogP contribution in [0.25, 0.3) is 22.9 Å². The standard InChI is InChI=1S/C22H19NO4/c1-13-3-10-20(26-2)21-17(13)11-16(12-27-21)19-9-8-18(23-19)14-4-6-15(7-5-14)22(24)25/h3-11,23H,12H2,1-2H3,(H,24,25). The molecule has 5 nitrogen and oxygen atoms in total. The summed E-state index contributed by atoms with van der Waals surface area (Å²) in [6.07, 6.45) is 2.12. The van der Waals surface area contributed by atoms with Gasteiger partial charge in [0.1, 0.15) is 6.61 Å². The minimum atomic E-state index is -0.928. The molecule has 0 fully saturated rings. The number of carboxylic acids is 1. The topological polar surface area (TPSA) is 71.6 Å². The number of rotatable bonds is 4. The zero-order chi connectivity index (χ0) is 19.0. The first-order valence-corrected chi connectivity index (χ1v) is 8.61. The van der Waals surface area contributed by atoms with E-state index in [2.05, 4.69) is 11.1 Å². The molecule has 5 heteroatoms. The summed E-state index contributed by atoms with van der Waals surface area (Å²) in [5.41, 5.74) is 6.30. The Morgan fingerprint density at radius 3 is 2.52 bits per heavy atom. The number of aromatic carboxylic acids is 1. The Labute approximate surface area is 156 Å². The van der Waals surface area contributed by atoms with Crippen molar-refractivity contribution in [3.05, 3.63) is 70.9 Å². The second-order valence-corrected chi connectivity index (χ2v) is 6.45. The monoisotopic (exact) mass is 361 g/mol. The van der Waals surface area contributed by atoms with Crippen molar-refractivity contribution in [2.75, 3.05) is 13.7 Å². The number of nitrogens with one attached hydrogen (secondary N) is 1. The van der Waals surface area contributed by atoms with Crippen molar-refractivity contribution in [3.8, 4) is 22.8 Å². The van der Waals surface area contributed by atoms with Crippen LogP contribution in [0.4, 0.5) is 0 Å². The highest BCUT2D eigenvalue weighted by Gasteiger charge is 2.19. The number of hydrogen-bond acceptors (Lipinski definition) is 3. The van der Waals surface area contributed by atoms with E-state index in [9.17, 15) is 4.79 Å². The zero-order valence-corrected chi connectivity index (χ0v) is 15.1. The molecule has 2 heterocycles. The van der Waals surface area contributed by atoms with E-state index in [1.54, 1.807) is 31.4 Å². The van der Waals surface area contributed by atoms with Crippen LogP contribution < -0.4 is 9.47 Å². The third-order valence-corrected chi connectivity index (χ3v) is 4.76. The maximum Gasteiger partial charge on any atom is 0.335 e. The van der Waals surface area contributed by atoms with Crippen molar-refractivity contribution in [2.45, 2.75) is 6.92 Å². The van der Waals surface area contributed by atoms with Gasteiger partial charge in [-0.05, 0) is 54.5 Å². The highest BCUT2D eigenvalue weighted by molar-refractivity contribution is 5.89. The van der Waals surface area contributed by atoms with E-state index in [0.29, 0.717) is 6.61 Å². The predicted molar refractivity (Wildman–Crippen MR) is 104 cm³/mol. The molecule has 27 heavy (non-hydrogen) atoms. The van der Waals surface area contributed by atoms with E-state index >= 15 is 0 Å². The Morgan fingerprint density at radius 1 is 1.07 bits per heavy atom. The first-order valence-electron chi connectivity index (χ1n) is 8.61. The Morgan fingerprint density at radius 2 is 1.81 bits per heavy atom. The summed E-state index contributed by atoms with van der Waals surface area (Å²) >= 11 is 0. The second-order valence-electron chi connectivity index (χ2n) is 6.45. The van der Waals surface area contributed by atoms with Gasteiger partial charge in [0.05, 0.1) is 12.7 Å². The fourth-order valence-corrected chi connectivity index (χ4v) is 3.23. The van der Waals surface area contributed by atoms with Gasteiger partial charge in [0.2, 0.25) is 0 Å². The third kappa shape index (κ3) is 3.08. The van der Waals surface area contributed by atoms with Crippen LogP contribution in [0.3, 0.4) is 0 Å². The Kier molecular flexibility index (Phi) is 4.20. The minimum Gasteiger partial charge on any atom is -0.493 e. The van der Waals surface area contributed by atoms with Crippen LogP contribution in [0, 0.1) is 6.92 Å². The van der Waals surface area contributed by atoms with E-state index < -0.39 is 5.97 Å². The Balaban J connectivity index is 1.67. The molecule has 1 aliphatic rings. The van der Waals surface area contributed by atoms with Gasteiger partial charge in [-0.15, -0.1) is 0 Å². The van der Waals surface area contributed by atoms with Gasteiger partial charge in [-0.2, -0.15) is 0 Å². The van der Waals surface area contributed by atoms with Crippen molar-refractivity contribution in [1.82, 2.24) is 4.98 Å². The average molecular weight is 361 g/mol. The fourth-order valence-electron chi connectivity index (χ4n) is 3.23. The number of H-pyrrole nitrogens is 1. The third-order valence-electron chi connectivity index (χ3n) is 4.76. The lowest BCUT2D eigenvalue weighted by molar-refractivity contribution is 0.0697. The number of methoxy groups -OCH3 is 1. The van der Waals surface area contributed by atoms with Crippen molar-refractivity contribution in [1.29, 1.82) is 0 Å². The van der Waals surface area contributed by atoms with Crippen molar-refractivity contribution in [2.24, 2.45) is 0 Å². The number of hydrogen-bond donors (Lipinski definition) is 2. The average Bonchev–Trinajstić information content (AvgIpc) is 3.18. The van der Waals surface area contributed by atoms with E-state index in [0.717, 1.165) is 45.2 Å². The fraction of sp³-hybridized carbons (Fsp3) is 0.136. The van der Waals surface area contributed by atoms with E-state index in [1.165, 1.54) is 0 Å². The Bertz CT molecular complexity index is 1040. The van der Waals surface area contributed by atoms with Crippen LogP contribution in [0.2, 0.25) is 0 Å². The van der Waals surface area contributed by atoms with Crippen LogP contribution in [0.1, 0.15) is 27.2 Å². The highest BCUT2D eigenvalue weighted by atomic mass is 16.5. The molecule has 0 saturated carbocycles. The molecular weight excluding hydrogens is 342 g/mol. The number of aromatic nitrogens is 1. The molecule has 1 aromatic heterocycles. The summed E-state index contributed by atoms with van der Waals surface area (Å²) in [5, 5.41) is 9.02. The summed E-state index contributed by atoms with van der Waals surface area (Å²) in [6.45, 7) is 2.50. The van der Waals surface area contributed by atoms with Crippen LogP contribution in [-0.2, 0) is 0 Å². The van der Waals surface area contributed by atoms with E-state index in [4.69, 9.17) is 14.6 Å². The van der Waals surface area contributed by atoms with Crippen molar-refractivity contribution < 1.29 is 19.4 Å². The summed E-state index contributed by atoms with van der Waals surface area (Å²) in [6, 6.07) is 14.7. The first-order chi connectivity index (χ1) is 13.1. The van der Waals surface area contributed by atoms with Gasteiger partial charge in [-0.1, -0.05) is 18.2 Å². The molecule has 0 radical (unpaired) electrons. The van der Waals surface area contributed by atoms with Crippen LogP contribution in [-0.4, -0.2) is 29.8 Å². The summed E-state index contributed by atoms with van der Waals surface area (Å²) in [4.78, 5) is 14.4. The predicted octanol–water partition coefficient (Wildman–Crippen LogP) is 4.63. The number of aromatic amines is 1. The molecule has 0 spiro atoms. The number of aryl methyl sites for hydroxylation is 1. The largest absolute Gasteiger partial charge is 0.493 e. The van der Waals surface area contributed by atoms with Crippen molar-refractivity contribution in [3.63, 3.8) is 0 Å². The lowest BCUT2D eigenvalue weighted by atomic mass is 10.0. The van der Waals surface area contributed by atoms with Gasteiger partial charge in [0.15, 0.2) is 11.5 Å². The molecule has 136 valence electrons. The molecule has 4 rings (SSSR count). The second kappa shape index (κ2) is 6.68. The minimum absolute atomic E-state index is 0.273. The summed E-state index contributed by atoms with van der Waals surface area (Å²) < 4.78 is 11.4. The number of carboxylic acid groups (broad SMARTS) is 1. The van der Waals surface area contributed by atoms with E-state index in [-0.39, 0.29) is 5.56 Å². The van der Waals surface area contributed by atoms with Gasteiger partial charge >= 0.3 is 5.97 Å². The molecule has 0 saturated heterocycles. The molecular formula is C22H19NO4. The lowest BCUT2D eigenvalue weighted by Crippen LogP contribution is -2.09. The molecule has 0 amide bonds.